The smallest absolute Gasteiger partial charge is 0.307 e. The zero-order valence-corrected chi connectivity index (χ0v) is 9.90. The van der Waals surface area contributed by atoms with Gasteiger partial charge in [0, 0.05) is 11.0 Å². The van der Waals surface area contributed by atoms with Gasteiger partial charge in [-0.3, -0.25) is 4.79 Å². The molecule has 0 radical (unpaired) electrons. The highest BCUT2D eigenvalue weighted by Crippen LogP contribution is 2.60. The maximum absolute atomic E-state index is 11.4. The second-order valence-electron chi connectivity index (χ2n) is 5.08. The van der Waals surface area contributed by atoms with Crippen LogP contribution in [0.5, 0.6) is 5.75 Å². The zero-order valence-electron chi connectivity index (χ0n) is 9.90. The summed E-state index contributed by atoms with van der Waals surface area (Å²) in [4.78, 5) is 11.4. The minimum atomic E-state index is -0.654. The first-order valence-corrected chi connectivity index (χ1v) is 6.08. The number of carboxylic acids is 1. The topological polar surface area (TPSA) is 46.5 Å². The summed E-state index contributed by atoms with van der Waals surface area (Å²) in [7, 11) is 1.66. The molecule has 3 rings (SSSR count). The molecule has 90 valence electrons. The number of hydrogen-bond acceptors (Lipinski definition) is 2. The summed E-state index contributed by atoms with van der Waals surface area (Å²) in [5.74, 6) is -0.0173. The summed E-state index contributed by atoms with van der Waals surface area (Å²) in [6, 6.07) is 6.05. The second-order valence-corrected chi connectivity index (χ2v) is 5.08. The molecule has 1 N–H and O–H groups in total. The highest BCUT2D eigenvalue weighted by molar-refractivity contribution is 5.75. The van der Waals surface area contributed by atoms with E-state index in [1.54, 1.807) is 7.11 Å². The van der Waals surface area contributed by atoms with E-state index < -0.39 is 5.97 Å². The lowest BCUT2D eigenvalue weighted by Gasteiger charge is -2.32. The minimum absolute atomic E-state index is 0.133. The van der Waals surface area contributed by atoms with Gasteiger partial charge in [-0.05, 0) is 37.3 Å². The molecule has 17 heavy (non-hydrogen) atoms. The van der Waals surface area contributed by atoms with Crippen LogP contribution in [0.15, 0.2) is 18.2 Å². The van der Waals surface area contributed by atoms with Crippen LogP contribution in [0.1, 0.15) is 30.4 Å². The Labute approximate surface area is 100 Å². The number of aryl methyl sites for hydroxylation is 1. The first-order chi connectivity index (χ1) is 8.19. The molecular weight excluding hydrogens is 216 g/mol. The largest absolute Gasteiger partial charge is 0.496 e. The van der Waals surface area contributed by atoms with Crippen LogP contribution in [0, 0.1) is 5.92 Å². The zero-order chi connectivity index (χ0) is 12.0. The molecule has 0 saturated heterocycles. The third-order valence-electron chi connectivity index (χ3n) is 4.29. The standard InChI is InChI=1S/C14H16O3/c1-17-11-4-2-3-9-5-6-10(13(15)16)14(7-8-14)12(9)11/h2-4,10H,5-8H2,1H3,(H,15,16). The highest BCUT2D eigenvalue weighted by Gasteiger charge is 2.57. The van der Waals surface area contributed by atoms with Gasteiger partial charge in [0.2, 0.25) is 0 Å². The highest BCUT2D eigenvalue weighted by atomic mass is 16.5. The second kappa shape index (κ2) is 3.49. The number of methoxy groups -OCH3 is 1. The van der Waals surface area contributed by atoms with E-state index >= 15 is 0 Å². The summed E-state index contributed by atoms with van der Waals surface area (Å²) in [6.07, 6.45) is 3.58. The average molecular weight is 232 g/mol. The fourth-order valence-corrected chi connectivity index (χ4v) is 3.36. The summed E-state index contributed by atoms with van der Waals surface area (Å²) in [5, 5.41) is 9.36. The Kier molecular flexibility index (Phi) is 2.18. The fraction of sp³-hybridized carbons (Fsp3) is 0.500. The van der Waals surface area contributed by atoms with Crippen molar-refractivity contribution in [3.8, 4) is 5.75 Å². The number of rotatable bonds is 2. The van der Waals surface area contributed by atoms with Crippen LogP contribution < -0.4 is 4.74 Å². The molecular formula is C14H16O3. The SMILES string of the molecule is COc1cccc2c1C1(CC1)C(C(=O)O)CC2. The lowest BCUT2D eigenvalue weighted by molar-refractivity contribution is -0.143. The Hall–Kier alpha value is -1.51. The van der Waals surface area contributed by atoms with Gasteiger partial charge in [0.15, 0.2) is 0 Å². The molecule has 1 unspecified atom stereocenters. The normalized spacial score (nSPS) is 24.2. The van der Waals surface area contributed by atoms with Gasteiger partial charge in [0.25, 0.3) is 0 Å². The fourth-order valence-electron chi connectivity index (χ4n) is 3.36. The van der Waals surface area contributed by atoms with Crippen molar-refractivity contribution in [1.82, 2.24) is 0 Å². The molecule has 0 heterocycles. The predicted molar refractivity (Wildman–Crippen MR) is 63.4 cm³/mol. The summed E-state index contributed by atoms with van der Waals surface area (Å²) < 4.78 is 5.42. The van der Waals surface area contributed by atoms with E-state index in [1.807, 2.05) is 12.1 Å². The monoisotopic (exact) mass is 232 g/mol. The molecule has 0 amide bonds. The first-order valence-electron chi connectivity index (χ1n) is 6.08. The lowest BCUT2D eigenvalue weighted by atomic mass is 9.72. The van der Waals surface area contributed by atoms with Crippen LogP contribution in [0.25, 0.3) is 0 Å². The number of ether oxygens (including phenoxy) is 1. The number of fused-ring (bicyclic) bond motifs is 2. The first kappa shape index (κ1) is 10.6. The molecule has 1 saturated carbocycles. The Balaban J connectivity index is 2.15. The molecule has 0 bridgehead atoms. The van der Waals surface area contributed by atoms with E-state index in [-0.39, 0.29) is 11.3 Å². The Bertz CT molecular complexity index is 460. The van der Waals surface area contributed by atoms with Gasteiger partial charge in [-0.1, -0.05) is 12.1 Å². The van der Waals surface area contributed by atoms with Crippen LogP contribution >= 0.6 is 0 Å². The van der Waals surface area contributed by atoms with Crippen LogP contribution in [0.3, 0.4) is 0 Å². The van der Waals surface area contributed by atoms with Gasteiger partial charge >= 0.3 is 5.97 Å². The van der Waals surface area contributed by atoms with Gasteiger partial charge in [0.1, 0.15) is 5.75 Å². The van der Waals surface area contributed by atoms with Crippen LogP contribution in [0.4, 0.5) is 0 Å². The van der Waals surface area contributed by atoms with Crippen molar-refractivity contribution in [1.29, 1.82) is 0 Å². The minimum Gasteiger partial charge on any atom is -0.496 e. The average Bonchev–Trinajstić information content (AvgIpc) is 3.09. The Morgan fingerprint density at radius 2 is 2.24 bits per heavy atom. The summed E-state index contributed by atoms with van der Waals surface area (Å²) >= 11 is 0. The Morgan fingerprint density at radius 1 is 1.47 bits per heavy atom. The van der Waals surface area contributed by atoms with E-state index in [2.05, 4.69) is 6.07 Å². The van der Waals surface area contributed by atoms with Gasteiger partial charge < -0.3 is 9.84 Å². The Morgan fingerprint density at radius 3 is 2.82 bits per heavy atom. The predicted octanol–water partition coefficient (Wildman–Crippen LogP) is 2.37. The van der Waals surface area contributed by atoms with Crippen LogP contribution in [0.2, 0.25) is 0 Å². The van der Waals surface area contributed by atoms with E-state index in [9.17, 15) is 9.90 Å². The van der Waals surface area contributed by atoms with E-state index in [0.29, 0.717) is 0 Å². The third-order valence-corrected chi connectivity index (χ3v) is 4.29. The van der Waals surface area contributed by atoms with E-state index in [0.717, 1.165) is 31.4 Å². The molecule has 0 aromatic heterocycles. The van der Waals surface area contributed by atoms with Crippen molar-refractivity contribution in [3.63, 3.8) is 0 Å². The van der Waals surface area contributed by atoms with Crippen molar-refractivity contribution in [2.75, 3.05) is 7.11 Å². The molecule has 2 aliphatic rings. The van der Waals surface area contributed by atoms with Crippen LogP contribution in [-0.4, -0.2) is 18.2 Å². The lowest BCUT2D eigenvalue weighted by Crippen LogP contribution is -2.33. The maximum atomic E-state index is 11.4. The molecule has 2 aliphatic carbocycles. The quantitative estimate of drug-likeness (QED) is 0.851. The van der Waals surface area contributed by atoms with Crippen molar-refractivity contribution >= 4 is 5.97 Å². The van der Waals surface area contributed by atoms with E-state index in [1.165, 1.54) is 11.1 Å². The maximum Gasteiger partial charge on any atom is 0.307 e. The summed E-state index contributed by atoms with van der Waals surface area (Å²) in [5.41, 5.74) is 2.31. The molecule has 1 aromatic rings. The number of hydrogen-bond donors (Lipinski definition) is 1. The van der Waals surface area contributed by atoms with Gasteiger partial charge in [-0.2, -0.15) is 0 Å². The van der Waals surface area contributed by atoms with Crippen molar-refractivity contribution in [3.05, 3.63) is 29.3 Å². The molecule has 1 spiro atoms. The van der Waals surface area contributed by atoms with Crippen molar-refractivity contribution < 1.29 is 14.6 Å². The van der Waals surface area contributed by atoms with Crippen molar-refractivity contribution in [2.24, 2.45) is 5.92 Å². The molecule has 0 aliphatic heterocycles. The molecule has 1 fully saturated rings. The molecule has 3 nitrogen and oxygen atoms in total. The number of carbonyl (C=O) groups is 1. The molecule has 1 atom stereocenters. The van der Waals surface area contributed by atoms with Gasteiger partial charge in [-0.25, -0.2) is 0 Å². The van der Waals surface area contributed by atoms with E-state index in [4.69, 9.17) is 4.74 Å². The van der Waals surface area contributed by atoms with Crippen LogP contribution in [-0.2, 0) is 16.6 Å². The van der Waals surface area contributed by atoms with Gasteiger partial charge in [0.05, 0.1) is 13.0 Å². The summed E-state index contributed by atoms with van der Waals surface area (Å²) in [6.45, 7) is 0. The number of carboxylic acid groups (broad SMARTS) is 1. The third kappa shape index (κ3) is 1.38. The number of aliphatic carboxylic acids is 1. The van der Waals surface area contributed by atoms with Crippen molar-refractivity contribution in [2.45, 2.75) is 31.1 Å². The molecule has 3 heteroatoms. The molecule has 1 aromatic carbocycles. The van der Waals surface area contributed by atoms with Gasteiger partial charge in [-0.15, -0.1) is 0 Å². The number of benzene rings is 1.